The average molecular weight is 493 g/mol. The van der Waals surface area contributed by atoms with Crippen LogP contribution in [0.1, 0.15) is 214 Å². The minimum absolute atomic E-state index is 0.956. The molecule has 212 valence electrons. The Balaban J connectivity index is 3.24. The molecule has 0 spiro atoms. The first-order valence-electron chi connectivity index (χ1n) is 17.2. The van der Waals surface area contributed by atoms with Crippen molar-refractivity contribution >= 4 is 0 Å². The molecule has 0 fully saturated rings. The molecule has 0 nitrogen and oxygen atoms in total. The van der Waals surface area contributed by atoms with Gasteiger partial charge in [0.25, 0.3) is 0 Å². The van der Waals surface area contributed by atoms with Crippen LogP contribution >= 0.6 is 0 Å². The van der Waals surface area contributed by atoms with E-state index in [1.165, 1.54) is 186 Å². The molecular weight excluding hydrogens is 420 g/mol. The Morgan fingerprint density at radius 3 is 0.714 bits per heavy atom. The second-order valence-corrected chi connectivity index (χ2v) is 12.5. The normalized spacial score (nSPS) is 13.4. The predicted molar refractivity (Wildman–Crippen MR) is 164 cm³/mol. The van der Waals surface area contributed by atoms with Gasteiger partial charge in [-0.15, -0.1) is 0 Å². The van der Waals surface area contributed by atoms with Crippen molar-refractivity contribution in [3.8, 4) is 0 Å². The van der Waals surface area contributed by atoms with Gasteiger partial charge in [-0.1, -0.05) is 214 Å². The number of unbranched alkanes of at least 4 members (excludes halogenated alkanes) is 22. The van der Waals surface area contributed by atoms with Crippen molar-refractivity contribution in [1.82, 2.24) is 0 Å². The van der Waals surface area contributed by atoms with Crippen LogP contribution in [0, 0.1) is 11.8 Å². The minimum atomic E-state index is 0.956. The van der Waals surface area contributed by atoms with E-state index in [2.05, 4.69) is 27.7 Å². The Morgan fingerprint density at radius 2 is 0.457 bits per heavy atom. The number of hydrogen-bond acceptors (Lipinski definition) is 0. The second-order valence-electron chi connectivity index (χ2n) is 12.5. The van der Waals surface area contributed by atoms with Gasteiger partial charge in [-0.3, -0.25) is 0 Å². The SMILES string of the molecule is CCCCCCCCCCCCCCCCCCC(C)CCCC(C)CCCCCCCCCC. The van der Waals surface area contributed by atoms with Gasteiger partial charge in [0.05, 0.1) is 0 Å². The van der Waals surface area contributed by atoms with E-state index < -0.39 is 0 Å². The first kappa shape index (κ1) is 35.0. The van der Waals surface area contributed by atoms with Crippen LogP contribution in [0.15, 0.2) is 0 Å². The Morgan fingerprint density at radius 1 is 0.257 bits per heavy atom. The van der Waals surface area contributed by atoms with Gasteiger partial charge in [-0.05, 0) is 11.8 Å². The summed E-state index contributed by atoms with van der Waals surface area (Å²) in [4.78, 5) is 0. The summed E-state index contributed by atoms with van der Waals surface area (Å²) >= 11 is 0. The van der Waals surface area contributed by atoms with E-state index in [0.717, 1.165) is 11.8 Å². The maximum atomic E-state index is 2.51. The van der Waals surface area contributed by atoms with Crippen molar-refractivity contribution in [2.45, 2.75) is 214 Å². The molecule has 0 aromatic carbocycles. The van der Waals surface area contributed by atoms with Crippen molar-refractivity contribution in [3.63, 3.8) is 0 Å². The lowest BCUT2D eigenvalue weighted by molar-refractivity contribution is 0.390. The van der Waals surface area contributed by atoms with Crippen LogP contribution < -0.4 is 0 Å². The highest BCUT2D eigenvalue weighted by atomic mass is 14.1. The fourth-order valence-corrected chi connectivity index (χ4v) is 5.77. The fourth-order valence-electron chi connectivity index (χ4n) is 5.77. The smallest absolute Gasteiger partial charge is 0.0443 e. The van der Waals surface area contributed by atoms with E-state index in [0.29, 0.717) is 0 Å². The molecule has 0 heterocycles. The van der Waals surface area contributed by atoms with E-state index in [1.54, 1.807) is 0 Å². The van der Waals surface area contributed by atoms with Crippen molar-refractivity contribution in [1.29, 1.82) is 0 Å². The third kappa shape index (κ3) is 30.1. The van der Waals surface area contributed by atoms with Gasteiger partial charge in [-0.25, -0.2) is 0 Å². The molecule has 0 N–H and O–H groups in total. The lowest BCUT2D eigenvalue weighted by Crippen LogP contribution is -1.99. The molecule has 0 saturated carbocycles. The second kappa shape index (κ2) is 30.2. The molecule has 0 aliphatic carbocycles. The molecule has 0 aliphatic rings. The van der Waals surface area contributed by atoms with Gasteiger partial charge in [0.1, 0.15) is 0 Å². The predicted octanol–water partition coefficient (Wildman–Crippen LogP) is 13.6. The topological polar surface area (TPSA) is 0 Å². The lowest BCUT2D eigenvalue weighted by atomic mass is 9.92. The van der Waals surface area contributed by atoms with Gasteiger partial charge in [0.15, 0.2) is 0 Å². The summed E-state index contributed by atoms with van der Waals surface area (Å²) in [5, 5.41) is 0. The Kier molecular flexibility index (Phi) is 30.2. The molecule has 0 rings (SSSR count). The number of hydrogen-bond donors (Lipinski definition) is 0. The summed E-state index contributed by atoms with van der Waals surface area (Å²) in [5.74, 6) is 1.91. The van der Waals surface area contributed by atoms with E-state index >= 15 is 0 Å². The monoisotopic (exact) mass is 493 g/mol. The van der Waals surface area contributed by atoms with Crippen molar-refractivity contribution in [2.24, 2.45) is 11.8 Å². The highest BCUT2D eigenvalue weighted by molar-refractivity contribution is 4.59. The molecule has 0 saturated heterocycles. The molecular formula is C35H72. The largest absolute Gasteiger partial charge is 0.0654 e. The molecule has 0 aliphatic heterocycles. The summed E-state index contributed by atoms with van der Waals surface area (Å²) in [5.41, 5.74) is 0. The zero-order chi connectivity index (χ0) is 25.7. The molecule has 0 aromatic heterocycles. The van der Waals surface area contributed by atoms with Crippen LogP contribution in [0.4, 0.5) is 0 Å². The summed E-state index contributed by atoms with van der Waals surface area (Å²) in [6.45, 7) is 9.63. The summed E-state index contributed by atoms with van der Waals surface area (Å²) in [7, 11) is 0. The third-order valence-electron chi connectivity index (χ3n) is 8.49. The maximum absolute atomic E-state index is 2.51. The van der Waals surface area contributed by atoms with Crippen LogP contribution in [0.3, 0.4) is 0 Å². The molecule has 0 aromatic rings. The third-order valence-corrected chi connectivity index (χ3v) is 8.49. The first-order chi connectivity index (χ1) is 17.2. The van der Waals surface area contributed by atoms with E-state index in [4.69, 9.17) is 0 Å². The maximum Gasteiger partial charge on any atom is -0.0443 e. The molecule has 0 radical (unpaired) electrons. The van der Waals surface area contributed by atoms with Gasteiger partial charge in [-0.2, -0.15) is 0 Å². The highest BCUT2D eigenvalue weighted by Gasteiger charge is 2.06. The molecule has 0 heteroatoms. The Hall–Kier alpha value is 0. The van der Waals surface area contributed by atoms with Gasteiger partial charge in [0.2, 0.25) is 0 Å². The van der Waals surface area contributed by atoms with Crippen molar-refractivity contribution < 1.29 is 0 Å². The van der Waals surface area contributed by atoms with E-state index in [1.807, 2.05) is 0 Å². The average Bonchev–Trinajstić information content (AvgIpc) is 2.85. The van der Waals surface area contributed by atoms with Crippen LogP contribution in [0.25, 0.3) is 0 Å². The summed E-state index contributed by atoms with van der Waals surface area (Å²) < 4.78 is 0. The molecule has 0 bridgehead atoms. The molecule has 35 heavy (non-hydrogen) atoms. The molecule has 2 atom stereocenters. The lowest BCUT2D eigenvalue weighted by Gasteiger charge is -2.14. The summed E-state index contributed by atoms with van der Waals surface area (Å²) in [6, 6.07) is 0. The standard InChI is InChI=1S/C35H72/c1-5-7-9-11-13-15-16-17-18-19-20-21-22-24-26-28-31-35(4)33-29-32-34(3)30-27-25-23-14-12-10-8-6-2/h34-35H,5-33H2,1-4H3. The zero-order valence-electron chi connectivity index (χ0n) is 25.7. The van der Waals surface area contributed by atoms with E-state index in [-0.39, 0.29) is 0 Å². The quantitative estimate of drug-likeness (QED) is 0.0874. The van der Waals surface area contributed by atoms with Gasteiger partial charge < -0.3 is 0 Å². The molecule has 0 amide bonds. The summed E-state index contributed by atoms with van der Waals surface area (Å²) in [6.07, 6.45) is 42.6. The van der Waals surface area contributed by atoms with Crippen LogP contribution in [0.5, 0.6) is 0 Å². The van der Waals surface area contributed by atoms with Gasteiger partial charge >= 0.3 is 0 Å². The Labute approximate surface area is 225 Å². The first-order valence-corrected chi connectivity index (χ1v) is 17.2. The fraction of sp³-hybridized carbons (Fsp3) is 1.00. The number of rotatable bonds is 30. The minimum Gasteiger partial charge on any atom is -0.0654 e. The zero-order valence-corrected chi connectivity index (χ0v) is 25.7. The highest BCUT2D eigenvalue weighted by Crippen LogP contribution is 2.22. The van der Waals surface area contributed by atoms with E-state index in [9.17, 15) is 0 Å². The van der Waals surface area contributed by atoms with Crippen LogP contribution in [-0.2, 0) is 0 Å². The Bertz CT molecular complexity index is 359. The van der Waals surface area contributed by atoms with Gasteiger partial charge in [0, 0.05) is 0 Å². The molecule has 2 unspecified atom stereocenters. The van der Waals surface area contributed by atoms with Crippen LogP contribution in [-0.4, -0.2) is 0 Å². The van der Waals surface area contributed by atoms with Crippen molar-refractivity contribution in [3.05, 3.63) is 0 Å². The van der Waals surface area contributed by atoms with Crippen LogP contribution in [0.2, 0.25) is 0 Å². The van der Waals surface area contributed by atoms with Crippen molar-refractivity contribution in [2.75, 3.05) is 0 Å².